The fourth-order valence-electron chi connectivity index (χ4n) is 1.79. The molecule has 0 radical (unpaired) electrons. The summed E-state index contributed by atoms with van der Waals surface area (Å²) < 4.78 is 0. The van der Waals surface area contributed by atoms with Crippen LogP contribution < -0.4 is 10.6 Å². The third-order valence-corrected chi connectivity index (χ3v) is 4.68. The molecule has 0 aliphatic heterocycles. The first kappa shape index (κ1) is 20.2. The molecule has 2 atom stereocenters. The lowest BCUT2D eigenvalue weighted by atomic mass is 9.87. The standard InChI is InChI=1S/C20H32N2O2/c1-13(19(3,4)5)21-17(23)15-10-9-11-16(12-15)18(24)22-14(2)20(6,7)8/h9-14H,1-8H3,(H,21,23)(H,22,24). The smallest absolute Gasteiger partial charge is 0.251 e. The van der Waals surface area contributed by atoms with Crippen LogP contribution in [0.2, 0.25) is 0 Å². The summed E-state index contributed by atoms with van der Waals surface area (Å²) in [6.45, 7) is 16.4. The van der Waals surface area contributed by atoms with Gasteiger partial charge in [0, 0.05) is 23.2 Å². The normalized spacial score (nSPS) is 14.7. The minimum absolute atomic E-state index is 0.0210. The minimum Gasteiger partial charge on any atom is -0.349 e. The maximum atomic E-state index is 12.4. The number of carbonyl (C=O) groups excluding carboxylic acids is 2. The van der Waals surface area contributed by atoms with Gasteiger partial charge in [0.25, 0.3) is 11.8 Å². The average molecular weight is 332 g/mol. The maximum absolute atomic E-state index is 12.4. The number of hydrogen-bond acceptors (Lipinski definition) is 2. The van der Waals surface area contributed by atoms with Crippen LogP contribution in [0.25, 0.3) is 0 Å². The van der Waals surface area contributed by atoms with Crippen molar-refractivity contribution in [3.63, 3.8) is 0 Å². The van der Waals surface area contributed by atoms with E-state index < -0.39 is 0 Å². The second-order valence-corrected chi connectivity index (χ2v) is 8.70. The highest BCUT2D eigenvalue weighted by Crippen LogP contribution is 2.20. The van der Waals surface area contributed by atoms with Crippen LogP contribution in [0.4, 0.5) is 0 Å². The van der Waals surface area contributed by atoms with Gasteiger partial charge in [0.15, 0.2) is 0 Å². The van der Waals surface area contributed by atoms with E-state index in [0.29, 0.717) is 11.1 Å². The lowest BCUT2D eigenvalue weighted by Gasteiger charge is -2.28. The van der Waals surface area contributed by atoms with Gasteiger partial charge >= 0.3 is 0 Å². The lowest BCUT2D eigenvalue weighted by molar-refractivity contribution is 0.0910. The zero-order chi connectivity index (χ0) is 18.7. The number of rotatable bonds is 4. The zero-order valence-corrected chi connectivity index (χ0v) is 16.3. The van der Waals surface area contributed by atoms with Gasteiger partial charge in [0.05, 0.1) is 0 Å². The van der Waals surface area contributed by atoms with Crippen LogP contribution in [0.1, 0.15) is 76.1 Å². The van der Waals surface area contributed by atoms with Gasteiger partial charge in [-0.2, -0.15) is 0 Å². The van der Waals surface area contributed by atoms with Crippen LogP contribution >= 0.6 is 0 Å². The number of carbonyl (C=O) groups is 2. The first-order valence-electron chi connectivity index (χ1n) is 8.54. The van der Waals surface area contributed by atoms with Crippen LogP contribution in [0.5, 0.6) is 0 Å². The first-order valence-corrected chi connectivity index (χ1v) is 8.54. The van der Waals surface area contributed by atoms with Gasteiger partial charge in [-0.25, -0.2) is 0 Å². The quantitative estimate of drug-likeness (QED) is 0.875. The third-order valence-electron chi connectivity index (χ3n) is 4.68. The van der Waals surface area contributed by atoms with Gasteiger partial charge < -0.3 is 10.6 Å². The van der Waals surface area contributed by atoms with Crippen molar-refractivity contribution in [2.45, 2.75) is 67.5 Å². The molecule has 0 fully saturated rings. The molecule has 24 heavy (non-hydrogen) atoms. The summed E-state index contributed by atoms with van der Waals surface area (Å²) in [5.41, 5.74) is 0.962. The van der Waals surface area contributed by atoms with Crippen molar-refractivity contribution < 1.29 is 9.59 Å². The van der Waals surface area contributed by atoms with Gasteiger partial charge in [0.2, 0.25) is 0 Å². The topological polar surface area (TPSA) is 58.2 Å². The average Bonchev–Trinajstić information content (AvgIpc) is 2.45. The van der Waals surface area contributed by atoms with Crippen molar-refractivity contribution in [3.05, 3.63) is 35.4 Å². The Kier molecular flexibility index (Phi) is 6.20. The van der Waals surface area contributed by atoms with Gasteiger partial charge in [0.1, 0.15) is 0 Å². The summed E-state index contributed by atoms with van der Waals surface area (Å²) in [5, 5.41) is 5.99. The second kappa shape index (κ2) is 7.37. The molecule has 4 nitrogen and oxygen atoms in total. The molecular formula is C20H32N2O2. The SMILES string of the molecule is CC(NC(=O)c1cccc(C(=O)NC(C)C(C)(C)C)c1)C(C)(C)C. The molecular weight excluding hydrogens is 300 g/mol. The molecule has 0 aromatic heterocycles. The van der Waals surface area contributed by atoms with E-state index in [2.05, 4.69) is 52.2 Å². The number of hydrogen-bond donors (Lipinski definition) is 2. The van der Waals surface area contributed by atoms with Crippen LogP contribution in [-0.2, 0) is 0 Å². The summed E-state index contributed by atoms with van der Waals surface area (Å²) in [7, 11) is 0. The van der Waals surface area contributed by atoms with Crippen LogP contribution in [0, 0.1) is 10.8 Å². The molecule has 0 aliphatic carbocycles. The molecule has 1 aromatic rings. The molecule has 0 aliphatic rings. The summed E-state index contributed by atoms with van der Waals surface area (Å²) in [6.07, 6.45) is 0. The lowest BCUT2D eigenvalue weighted by Crippen LogP contribution is -2.42. The first-order chi connectivity index (χ1) is 10.8. The molecule has 2 unspecified atom stereocenters. The van der Waals surface area contributed by atoms with E-state index in [1.807, 2.05) is 13.8 Å². The second-order valence-electron chi connectivity index (χ2n) is 8.70. The van der Waals surface area contributed by atoms with Crippen molar-refractivity contribution in [2.24, 2.45) is 10.8 Å². The highest BCUT2D eigenvalue weighted by molar-refractivity contribution is 5.99. The van der Waals surface area contributed by atoms with Gasteiger partial charge in [-0.1, -0.05) is 47.6 Å². The molecule has 2 amide bonds. The van der Waals surface area contributed by atoms with Crippen molar-refractivity contribution >= 4 is 11.8 Å². The highest BCUT2D eigenvalue weighted by atomic mass is 16.2. The largest absolute Gasteiger partial charge is 0.349 e. The Hall–Kier alpha value is -1.84. The summed E-state index contributed by atoms with van der Waals surface area (Å²) in [6, 6.07) is 6.92. The third kappa shape index (κ3) is 5.66. The molecule has 0 spiro atoms. The summed E-state index contributed by atoms with van der Waals surface area (Å²) in [4.78, 5) is 24.8. The van der Waals surface area contributed by atoms with E-state index in [0.717, 1.165) is 0 Å². The number of amides is 2. The molecule has 0 bridgehead atoms. The van der Waals surface area contributed by atoms with E-state index in [1.165, 1.54) is 0 Å². The Labute approximate surface area is 146 Å². The highest BCUT2D eigenvalue weighted by Gasteiger charge is 2.24. The molecule has 4 heteroatoms. The predicted molar refractivity (Wildman–Crippen MR) is 99.2 cm³/mol. The van der Waals surface area contributed by atoms with Gasteiger partial charge in [-0.05, 0) is 42.9 Å². The maximum Gasteiger partial charge on any atom is 0.251 e. The Morgan fingerprint density at radius 3 is 1.42 bits per heavy atom. The van der Waals surface area contributed by atoms with Crippen LogP contribution in [-0.4, -0.2) is 23.9 Å². The van der Waals surface area contributed by atoms with Crippen LogP contribution in [0.3, 0.4) is 0 Å². The fourth-order valence-corrected chi connectivity index (χ4v) is 1.79. The summed E-state index contributed by atoms with van der Waals surface area (Å²) >= 11 is 0. The van der Waals surface area contributed by atoms with Gasteiger partial charge in [-0.3, -0.25) is 9.59 Å². The number of benzene rings is 1. The minimum atomic E-state index is -0.157. The summed E-state index contributed by atoms with van der Waals surface area (Å²) in [5.74, 6) is -0.313. The van der Waals surface area contributed by atoms with E-state index in [1.54, 1.807) is 24.3 Å². The van der Waals surface area contributed by atoms with E-state index in [-0.39, 0.29) is 34.7 Å². The Balaban J connectivity index is 2.87. The number of nitrogens with one attached hydrogen (secondary N) is 2. The molecule has 0 saturated heterocycles. The van der Waals surface area contributed by atoms with Crippen molar-refractivity contribution in [3.8, 4) is 0 Å². The Morgan fingerprint density at radius 2 is 1.12 bits per heavy atom. The predicted octanol–water partition coefficient (Wildman–Crippen LogP) is 4.02. The molecule has 1 rings (SSSR count). The van der Waals surface area contributed by atoms with Crippen molar-refractivity contribution in [2.75, 3.05) is 0 Å². The van der Waals surface area contributed by atoms with Crippen LogP contribution in [0.15, 0.2) is 24.3 Å². The molecule has 2 N–H and O–H groups in total. The zero-order valence-electron chi connectivity index (χ0n) is 16.3. The molecule has 0 heterocycles. The van der Waals surface area contributed by atoms with Crippen molar-refractivity contribution in [1.82, 2.24) is 10.6 Å². The molecule has 134 valence electrons. The van der Waals surface area contributed by atoms with E-state index >= 15 is 0 Å². The van der Waals surface area contributed by atoms with Crippen molar-refractivity contribution in [1.29, 1.82) is 0 Å². The Bertz CT molecular complexity index is 545. The Morgan fingerprint density at radius 1 is 0.792 bits per heavy atom. The monoisotopic (exact) mass is 332 g/mol. The van der Waals surface area contributed by atoms with Gasteiger partial charge in [-0.15, -0.1) is 0 Å². The molecule has 1 aromatic carbocycles. The fraction of sp³-hybridized carbons (Fsp3) is 0.600. The van der Waals surface area contributed by atoms with E-state index in [4.69, 9.17) is 0 Å². The van der Waals surface area contributed by atoms with E-state index in [9.17, 15) is 9.59 Å². The molecule has 0 saturated carbocycles.